The Morgan fingerprint density at radius 1 is 0.931 bits per heavy atom. The molecule has 1 amide bonds. The SMILES string of the molecule is Cc1ccc(C(=O)NC(Cc2ccccc2)c2ccc3c(c2)OCCCO3)cc1. The summed E-state index contributed by atoms with van der Waals surface area (Å²) in [6.07, 6.45) is 1.56. The number of carbonyl (C=O) groups is 1. The van der Waals surface area contributed by atoms with E-state index < -0.39 is 0 Å². The lowest BCUT2D eigenvalue weighted by Crippen LogP contribution is -2.30. The van der Waals surface area contributed by atoms with Crippen molar-refractivity contribution in [3.05, 3.63) is 95.1 Å². The predicted molar refractivity (Wildman–Crippen MR) is 114 cm³/mol. The number of nitrogens with one attached hydrogen (secondary N) is 1. The molecule has 1 heterocycles. The molecule has 0 fully saturated rings. The van der Waals surface area contributed by atoms with Crippen LogP contribution < -0.4 is 14.8 Å². The van der Waals surface area contributed by atoms with Crippen LogP contribution in [0.25, 0.3) is 0 Å². The summed E-state index contributed by atoms with van der Waals surface area (Å²) in [5.41, 5.74) is 3.95. The molecule has 0 saturated heterocycles. The maximum atomic E-state index is 12.9. The summed E-state index contributed by atoms with van der Waals surface area (Å²) in [5.74, 6) is 1.41. The van der Waals surface area contributed by atoms with Crippen LogP contribution in [0.5, 0.6) is 11.5 Å². The zero-order valence-corrected chi connectivity index (χ0v) is 16.6. The van der Waals surface area contributed by atoms with Crippen molar-refractivity contribution in [2.24, 2.45) is 0 Å². The van der Waals surface area contributed by atoms with Gasteiger partial charge in [0.05, 0.1) is 19.3 Å². The lowest BCUT2D eigenvalue weighted by atomic mass is 9.97. The first-order valence-corrected chi connectivity index (χ1v) is 10.00. The number of ether oxygens (including phenoxy) is 2. The smallest absolute Gasteiger partial charge is 0.251 e. The Kier molecular flexibility index (Phi) is 5.80. The maximum absolute atomic E-state index is 12.9. The van der Waals surface area contributed by atoms with Crippen molar-refractivity contribution in [2.75, 3.05) is 13.2 Å². The molecule has 4 heteroatoms. The van der Waals surface area contributed by atoms with E-state index in [0.717, 1.165) is 34.6 Å². The van der Waals surface area contributed by atoms with Crippen molar-refractivity contribution in [2.45, 2.75) is 25.8 Å². The standard InChI is InChI=1S/C25H25NO3/c1-18-8-10-20(11-9-18)25(27)26-22(16-19-6-3-2-4-7-19)21-12-13-23-24(17-21)29-15-5-14-28-23/h2-4,6-13,17,22H,5,14-16H2,1H3,(H,26,27). The zero-order chi connectivity index (χ0) is 20.1. The summed E-state index contributed by atoms with van der Waals surface area (Å²) >= 11 is 0. The zero-order valence-electron chi connectivity index (χ0n) is 16.6. The predicted octanol–water partition coefficient (Wildman–Crippen LogP) is 4.87. The molecule has 3 aromatic rings. The second kappa shape index (κ2) is 8.82. The quantitative estimate of drug-likeness (QED) is 0.679. The molecule has 0 spiro atoms. The minimum atomic E-state index is -0.177. The highest BCUT2D eigenvalue weighted by Crippen LogP contribution is 2.33. The number of hydrogen-bond acceptors (Lipinski definition) is 3. The minimum absolute atomic E-state index is 0.0851. The highest BCUT2D eigenvalue weighted by atomic mass is 16.5. The maximum Gasteiger partial charge on any atom is 0.251 e. The van der Waals surface area contributed by atoms with E-state index in [4.69, 9.17) is 9.47 Å². The molecule has 3 aromatic carbocycles. The van der Waals surface area contributed by atoms with Gasteiger partial charge in [-0.3, -0.25) is 4.79 Å². The van der Waals surface area contributed by atoms with Gasteiger partial charge in [-0.1, -0.05) is 54.1 Å². The Balaban J connectivity index is 1.62. The van der Waals surface area contributed by atoms with Crippen LogP contribution >= 0.6 is 0 Å². The first-order valence-electron chi connectivity index (χ1n) is 10.00. The topological polar surface area (TPSA) is 47.6 Å². The molecule has 29 heavy (non-hydrogen) atoms. The van der Waals surface area contributed by atoms with Crippen LogP contribution in [0, 0.1) is 6.92 Å². The van der Waals surface area contributed by atoms with E-state index in [9.17, 15) is 4.79 Å². The van der Waals surface area contributed by atoms with Gasteiger partial charge in [0.1, 0.15) is 0 Å². The summed E-state index contributed by atoms with van der Waals surface area (Å²) in [5, 5.41) is 3.20. The van der Waals surface area contributed by atoms with Gasteiger partial charge in [-0.2, -0.15) is 0 Å². The van der Waals surface area contributed by atoms with Crippen molar-refractivity contribution in [3.63, 3.8) is 0 Å². The van der Waals surface area contributed by atoms with E-state index >= 15 is 0 Å². The number of carbonyl (C=O) groups excluding carboxylic acids is 1. The largest absolute Gasteiger partial charge is 0.490 e. The van der Waals surface area contributed by atoms with E-state index in [1.54, 1.807) is 0 Å². The number of aryl methyl sites for hydroxylation is 1. The van der Waals surface area contributed by atoms with Crippen LogP contribution in [0.3, 0.4) is 0 Å². The Morgan fingerprint density at radius 3 is 2.41 bits per heavy atom. The molecular formula is C25H25NO3. The number of amides is 1. The highest BCUT2D eigenvalue weighted by molar-refractivity contribution is 5.94. The first kappa shape index (κ1) is 19.1. The molecule has 0 radical (unpaired) electrons. The van der Waals surface area contributed by atoms with Crippen LogP contribution in [-0.2, 0) is 6.42 Å². The van der Waals surface area contributed by atoms with Gasteiger partial charge in [0.2, 0.25) is 0 Å². The fraction of sp³-hybridized carbons (Fsp3) is 0.240. The van der Waals surface area contributed by atoms with Crippen LogP contribution in [0.1, 0.15) is 39.5 Å². The molecule has 1 N–H and O–H groups in total. The van der Waals surface area contributed by atoms with E-state index in [-0.39, 0.29) is 11.9 Å². The monoisotopic (exact) mass is 387 g/mol. The van der Waals surface area contributed by atoms with E-state index in [1.165, 1.54) is 0 Å². The Labute approximate surface area is 171 Å². The van der Waals surface area contributed by atoms with Crippen molar-refractivity contribution in [1.82, 2.24) is 5.32 Å². The Bertz CT molecular complexity index is 967. The first-order chi connectivity index (χ1) is 14.2. The third-order valence-electron chi connectivity index (χ3n) is 5.08. The van der Waals surface area contributed by atoms with Crippen molar-refractivity contribution in [1.29, 1.82) is 0 Å². The highest BCUT2D eigenvalue weighted by Gasteiger charge is 2.19. The summed E-state index contributed by atoms with van der Waals surface area (Å²) < 4.78 is 11.6. The molecule has 4 nitrogen and oxygen atoms in total. The molecule has 0 aliphatic carbocycles. The van der Waals surface area contributed by atoms with Gasteiger partial charge >= 0.3 is 0 Å². The molecule has 1 aliphatic heterocycles. The summed E-state index contributed by atoms with van der Waals surface area (Å²) in [6.45, 7) is 3.30. The Morgan fingerprint density at radius 2 is 1.66 bits per heavy atom. The average molecular weight is 387 g/mol. The molecule has 1 aliphatic rings. The molecule has 148 valence electrons. The third kappa shape index (κ3) is 4.77. The van der Waals surface area contributed by atoms with E-state index in [0.29, 0.717) is 25.2 Å². The van der Waals surface area contributed by atoms with Gasteiger partial charge in [0, 0.05) is 12.0 Å². The van der Waals surface area contributed by atoms with Crippen LogP contribution in [0.4, 0.5) is 0 Å². The van der Waals surface area contributed by atoms with Crippen molar-refractivity contribution >= 4 is 5.91 Å². The second-order valence-corrected chi connectivity index (χ2v) is 7.34. The van der Waals surface area contributed by atoms with Crippen LogP contribution in [0.2, 0.25) is 0 Å². The number of rotatable bonds is 5. The Hall–Kier alpha value is -3.27. The van der Waals surface area contributed by atoms with Gasteiger partial charge in [-0.05, 0) is 48.7 Å². The van der Waals surface area contributed by atoms with Crippen molar-refractivity contribution in [3.8, 4) is 11.5 Å². The number of benzene rings is 3. The van der Waals surface area contributed by atoms with Gasteiger partial charge in [0.15, 0.2) is 11.5 Å². The molecular weight excluding hydrogens is 362 g/mol. The summed E-state index contributed by atoms with van der Waals surface area (Å²) in [4.78, 5) is 12.9. The number of fused-ring (bicyclic) bond motifs is 1. The lowest BCUT2D eigenvalue weighted by Gasteiger charge is -2.21. The lowest BCUT2D eigenvalue weighted by molar-refractivity contribution is 0.0936. The van der Waals surface area contributed by atoms with Gasteiger partial charge < -0.3 is 14.8 Å². The summed E-state index contributed by atoms with van der Waals surface area (Å²) in [6, 6.07) is 23.6. The van der Waals surface area contributed by atoms with Crippen LogP contribution in [-0.4, -0.2) is 19.1 Å². The molecule has 0 saturated carbocycles. The second-order valence-electron chi connectivity index (χ2n) is 7.34. The van der Waals surface area contributed by atoms with Gasteiger partial charge in [-0.15, -0.1) is 0 Å². The normalized spacial score (nSPS) is 14.0. The van der Waals surface area contributed by atoms with Crippen molar-refractivity contribution < 1.29 is 14.3 Å². The molecule has 1 atom stereocenters. The molecule has 0 aromatic heterocycles. The van der Waals surface area contributed by atoms with E-state index in [1.807, 2.05) is 67.6 Å². The van der Waals surface area contributed by atoms with E-state index in [2.05, 4.69) is 17.4 Å². The minimum Gasteiger partial charge on any atom is -0.490 e. The van der Waals surface area contributed by atoms with Gasteiger partial charge in [0.25, 0.3) is 5.91 Å². The fourth-order valence-electron chi connectivity index (χ4n) is 3.45. The average Bonchev–Trinajstić information content (AvgIpc) is 2.99. The number of hydrogen-bond donors (Lipinski definition) is 1. The molecule has 4 rings (SSSR count). The van der Waals surface area contributed by atoms with Crippen LogP contribution in [0.15, 0.2) is 72.8 Å². The third-order valence-corrected chi connectivity index (χ3v) is 5.08. The van der Waals surface area contributed by atoms with Gasteiger partial charge in [-0.25, -0.2) is 0 Å². The molecule has 0 bridgehead atoms. The summed E-state index contributed by atoms with van der Waals surface area (Å²) in [7, 11) is 0. The molecule has 1 unspecified atom stereocenters. The fourth-order valence-corrected chi connectivity index (χ4v) is 3.45.